The van der Waals surface area contributed by atoms with E-state index < -0.39 is 0 Å². The van der Waals surface area contributed by atoms with E-state index in [4.69, 9.17) is 13.9 Å². The molecule has 0 spiro atoms. The van der Waals surface area contributed by atoms with Gasteiger partial charge in [0.1, 0.15) is 5.75 Å². The Kier molecular flexibility index (Phi) is 6.53. The monoisotopic (exact) mass is 401 g/mol. The van der Waals surface area contributed by atoms with Gasteiger partial charge in [-0.15, -0.1) is 10.2 Å². The average molecular weight is 401 g/mol. The number of carbonyl (C=O) groups is 1. The lowest BCUT2D eigenvalue weighted by Crippen LogP contribution is -2.09. The van der Waals surface area contributed by atoms with Crippen LogP contribution >= 0.6 is 11.8 Å². The van der Waals surface area contributed by atoms with Crippen molar-refractivity contribution in [2.24, 2.45) is 0 Å². The molecule has 0 saturated carbocycles. The number of hydrogen-bond donors (Lipinski definition) is 0. The van der Waals surface area contributed by atoms with Crippen molar-refractivity contribution in [3.63, 3.8) is 0 Å². The van der Waals surface area contributed by atoms with Crippen molar-refractivity contribution >= 4 is 17.5 Å². The van der Waals surface area contributed by atoms with Crippen LogP contribution in [-0.4, -0.2) is 47.1 Å². The SMILES string of the molecule is COCCn1c(C)cc(C(=O)CSc2nnc(-c3ccc(OC)cc3)o2)c1C. The number of aryl methyl sites for hydroxylation is 1. The molecule has 0 radical (unpaired) electrons. The van der Waals surface area contributed by atoms with E-state index in [2.05, 4.69) is 14.8 Å². The molecule has 0 aliphatic carbocycles. The minimum absolute atomic E-state index is 0.0333. The van der Waals surface area contributed by atoms with Crippen LogP contribution in [0.5, 0.6) is 5.75 Å². The highest BCUT2D eigenvalue weighted by molar-refractivity contribution is 7.99. The first-order valence-electron chi connectivity index (χ1n) is 8.83. The third-order valence-corrected chi connectivity index (χ3v) is 5.28. The first-order chi connectivity index (χ1) is 13.5. The van der Waals surface area contributed by atoms with E-state index in [0.29, 0.717) is 17.7 Å². The Balaban J connectivity index is 1.64. The zero-order valence-electron chi connectivity index (χ0n) is 16.4. The summed E-state index contributed by atoms with van der Waals surface area (Å²) in [5, 5.41) is 8.45. The highest BCUT2D eigenvalue weighted by Crippen LogP contribution is 2.26. The zero-order chi connectivity index (χ0) is 20.1. The topological polar surface area (TPSA) is 79.4 Å². The zero-order valence-corrected chi connectivity index (χ0v) is 17.2. The smallest absolute Gasteiger partial charge is 0.277 e. The molecule has 0 unspecified atom stereocenters. The molecule has 0 amide bonds. The number of Topliss-reactive ketones (excluding diaryl/α,β-unsaturated/α-hetero) is 1. The maximum absolute atomic E-state index is 12.7. The second kappa shape index (κ2) is 9.07. The second-order valence-electron chi connectivity index (χ2n) is 6.24. The number of methoxy groups -OCH3 is 2. The summed E-state index contributed by atoms with van der Waals surface area (Å²) in [5.41, 5.74) is 3.51. The van der Waals surface area contributed by atoms with E-state index in [1.54, 1.807) is 14.2 Å². The lowest BCUT2D eigenvalue weighted by atomic mass is 10.2. The number of aromatic nitrogens is 3. The summed E-state index contributed by atoms with van der Waals surface area (Å²) in [6.45, 7) is 5.28. The molecular weight excluding hydrogens is 378 g/mol. The van der Waals surface area contributed by atoms with Crippen molar-refractivity contribution in [2.75, 3.05) is 26.6 Å². The highest BCUT2D eigenvalue weighted by atomic mass is 32.2. The number of carbonyl (C=O) groups excluding carboxylic acids is 1. The molecule has 8 heteroatoms. The quantitative estimate of drug-likeness (QED) is 0.399. The van der Waals surface area contributed by atoms with E-state index in [0.717, 1.165) is 34.8 Å². The van der Waals surface area contributed by atoms with E-state index in [1.807, 2.05) is 44.2 Å². The lowest BCUT2D eigenvalue weighted by Gasteiger charge is -2.08. The molecule has 0 aliphatic rings. The van der Waals surface area contributed by atoms with Gasteiger partial charge >= 0.3 is 0 Å². The van der Waals surface area contributed by atoms with E-state index >= 15 is 0 Å². The summed E-state index contributed by atoms with van der Waals surface area (Å²) in [6.07, 6.45) is 0. The van der Waals surface area contributed by atoms with Crippen LogP contribution in [0, 0.1) is 13.8 Å². The van der Waals surface area contributed by atoms with Crippen LogP contribution in [0.1, 0.15) is 21.7 Å². The van der Waals surface area contributed by atoms with Crippen LogP contribution in [0.15, 0.2) is 40.0 Å². The van der Waals surface area contributed by atoms with Gasteiger partial charge in [-0.05, 0) is 44.2 Å². The van der Waals surface area contributed by atoms with Crippen LogP contribution in [0.25, 0.3) is 11.5 Å². The van der Waals surface area contributed by atoms with E-state index in [9.17, 15) is 4.79 Å². The van der Waals surface area contributed by atoms with Gasteiger partial charge in [0.05, 0.1) is 19.5 Å². The van der Waals surface area contributed by atoms with Crippen molar-refractivity contribution < 1.29 is 18.7 Å². The van der Waals surface area contributed by atoms with Gasteiger partial charge in [0.2, 0.25) is 5.89 Å². The summed E-state index contributed by atoms with van der Waals surface area (Å²) in [4.78, 5) is 12.7. The Morgan fingerprint density at radius 3 is 2.61 bits per heavy atom. The maximum atomic E-state index is 12.7. The molecule has 0 saturated heterocycles. The largest absolute Gasteiger partial charge is 0.497 e. The molecule has 3 rings (SSSR count). The third kappa shape index (κ3) is 4.45. The third-order valence-electron chi connectivity index (χ3n) is 4.46. The molecule has 0 N–H and O–H groups in total. The fourth-order valence-corrected chi connectivity index (χ4v) is 3.58. The number of thioether (sulfide) groups is 1. The molecule has 0 aliphatic heterocycles. The van der Waals surface area contributed by atoms with Gasteiger partial charge in [-0.3, -0.25) is 4.79 Å². The Morgan fingerprint density at radius 2 is 1.93 bits per heavy atom. The average Bonchev–Trinajstić information content (AvgIpc) is 3.29. The van der Waals surface area contributed by atoms with Gasteiger partial charge in [-0.25, -0.2) is 0 Å². The number of hydrogen-bond acceptors (Lipinski definition) is 7. The molecule has 7 nitrogen and oxygen atoms in total. The summed E-state index contributed by atoms with van der Waals surface area (Å²) in [7, 11) is 3.28. The van der Waals surface area contributed by atoms with Crippen molar-refractivity contribution in [1.82, 2.24) is 14.8 Å². The van der Waals surface area contributed by atoms with Gasteiger partial charge in [0, 0.05) is 36.2 Å². The fourth-order valence-electron chi connectivity index (χ4n) is 2.93. The van der Waals surface area contributed by atoms with E-state index in [1.165, 1.54) is 11.8 Å². The summed E-state index contributed by atoms with van der Waals surface area (Å²) < 4.78 is 18.0. The fraction of sp³-hybridized carbons (Fsp3) is 0.350. The molecule has 0 fully saturated rings. The van der Waals surface area contributed by atoms with Gasteiger partial charge in [-0.2, -0.15) is 0 Å². The minimum Gasteiger partial charge on any atom is -0.497 e. The predicted octanol–water partition coefficient (Wildman–Crippen LogP) is 3.78. The van der Waals surface area contributed by atoms with E-state index in [-0.39, 0.29) is 11.5 Å². The highest BCUT2D eigenvalue weighted by Gasteiger charge is 2.17. The van der Waals surface area contributed by atoms with Gasteiger partial charge in [-0.1, -0.05) is 11.8 Å². The van der Waals surface area contributed by atoms with Gasteiger partial charge in [0.25, 0.3) is 5.22 Å². The molecule has 3 aromatic rings. The Labute approximate surface area is 168 Å². The predicted molar refractivity (Wildman–Crippen MR) is 107 cm³/mol. The molecule has 0 atom stereocenters. The standard InChI is InChI=1S/C20H23N3O4S/c1-13-11-17(14(2)23(13)9-10-25-3)18(24)12-28-20-22-21-19(27-20)15-5-7-16(26-4)8-6-15/h5-8,11H,9-10,12H2,1-4H3. The number of rotatable bonds is 9. The number of ether oxygens (including phenoxy) is 2. The Bertz CT molecular complexity index is 947. The number of nitrogens with zero attached hydrogens (tertiary/aromatic N) is 3. The summed E-state index contributed by atoms with van der Waals surface area (Å²) in [5.74, 6) is 1.44. The van der Waals surface area contributed by atoms with Gasteiger partial charge in [0.15, 0.2) is 5.78 Å². The molecule has 28 heavy (non-hydrogen) atoms. The molecule has 1 aromatic carbocycles. The Morgan fingerprint density at radius 1 is 1.18 bits per heavy atom. The molecule has 0 bridgehead atoms. The molecule has 2 heterocycles. The molecule has 2 aromatic heterocycles. The van der Waals surface area contributed by atoms with Crippen LogP contribution in [0.2, 0.25) is 0 Å². The maximum Gasteiger partial charge on any atom is 0.277 e. The number of ketones is 1. The Hall–Kier alpha value is -2.58. The summed E-state index contributed by atoms with van der Waals surface area (Å²) >= 11 is 1.24. The van der Waals surface area contributed by atoms with Crippen LogP contribution in [-0.2, 0) is 11.3 Å². The first-order valence-corrected chi connectivity index (χ1v) is 9.81. The normalized spacial score (nSPS) is 11.0. The van der Waals surface area contributed by atoms with Crippen LogP contribution in [0.4, 0.5) is 0 Å². The van der Waals surface area contributed by atoms with Crippen LogP contribution < -0.4 is 4.74 Å². The van der Waals surface area contributed by atoms with Crippen molar-refractivity contribution in [3.05, 3.63) is 47.3 Å². The van der Waals surface area contributed by atoms with Crippen molar-refractivity contribution in [3.8, 4) is 17.2 Å². The van der Waals surface area contributed by atoms with Crippen molar-refractivity contribution in [2.45, 2.75) is 25.6 Å². The van der Waals surface area contributed by atoms with Crippen molar-refractivity contribution in [1.29, 1.82) is 0 Å². The summed E-state index contributed by atoms with van der Waals surface area (Å²) in [6, 6.07) is 9.27. The second-order valence-corrected chi connectivity index (χ2v) is 7.17. The lowest BCUT2D eigenvalue weighted by molar-refractivity contribution is 0.102. The number of benzene rings is 1. The first kappa shape index (κ1) is 20.2. The van der Waals surface area contributed by atoms with Gasteiger partial charge < -0.3 is 18.5 Å². The minimum atomic E-state index is 0.0333. The molecule has 148 valence electrons. The molecular formula is C20H23N3O4S. The van der Waals surface area contributed by atoms with Crippen LogP contribution in [0.3, 0.4) is 0 Å².